The van der Waals surface area contributed by atoms with E-state index < -0.39 is 5.97 Å². The third-order valence-electron chi connectivity index (χ3n) is 11.0. The molecule has 5 aliphatic rings. The number of fused-ring (bicyclic) bond motifs is 1. The van der Waals surface area contributed by atoms with E-state index >= 15 is 0 Å². The quantitative estimate of drug-likeness (QED) is 0.397. The van der Waals surface area contributed by atoms with Gasteiger partial charge in [-0.2, -0.15) is 0 Å². The number of carboxylic acid groups (broad SMARTS) is 1. The van der Waals surface area contributed by atoms with Crippen LogP contribution < -0.4 is 14.5 Å². The molecule has 0 radical (unpaired) electrons. The molecule has 5 heteroatoms. The van der Waals surface area contributed by atoms with Gasteiger partial charge in [-0.1, -0.05) is 24.3 Å². The minimum absolute atomic E-state index is 0.203. The van der Waals surface area contributed by atoms with Crippen molar-refractivity contribution in [1.82, 2.24) is 0 Å². The Bertz CT molecular complexity index is 1410. The standard InChI is InChI=1S/C33H34N2O3/c1-34(30-5-3-2-4-29(30)31(36)37)25-8-10-26(11-9-25)35-19-28(20-35)38-27-12-6-22(7-13-27)32-16-21-14-23-15-24(18-32)33(23,32)17-21/h2-13,21,23-24,28H,14-20H2,1H3,(H,36,37). The van der Waals surface area contributed by atoms with E-state index in [1.165, 1.54) is 32.1 Å². The lowest BCUT2D eigenvalue weighted by Crippen LogP contribution is -2.68. The van der Waals surface area contributed by atoms with Crippen molar-refractivity contribution in [2.24, 2.45) is 23.2 Å². The van der Waals surface area contributed by atoms with Crippen molar-refractivity contribution in [2.75, 3.05) is 29.9 Å². The first-order valence-corrected chi connectivity index (χ1v) is 14.2. The van der Waals surface area contributed by atoms with Crippen LogP contribution in [-0.2, 0) is 5.41 Å². The number of rotatable bonds is 7. The summed E-state index contributed by atoms with van der Waals surface area (Å²) in [6.45, 7) is 1.74. The third-order valence-corrected chi connectivity index (χ3v) is 11.0. The predicted molar refractivity (Wildman–Crippen MR) is 149 cm³/mol. The number of carbonyl (C=O) groups is 1. The number of ether oxygens (including phenoxy) is 1. The van der Waals surface area contributed by atoms with Crippen LogP contribution >= 0.6 is 0 Å². The highest BCUT2D eigenvalue weighted by atomic mass is 16.5. The molecule has 1 heterocycles. The average Bonchev–Trinajstić information content (AvgIpc) is 3.41. The Labute approximate surface area is 224 Å². The fourth-order valence-electron chi connectivity index (χ4n) is 9.43. The highest BCUT2D eigenvalue weighted by Gasteiger charge is 2.80. The van der Waals surface area contributed by atoms with E-state index in [0.717, 1.165) is 48.0 Å². The van der Waals surface area contributed by atoms with Gasteiger partial charge in [0.25, 0.3) is 0 Å². The van der Waals surface area contributed by atoms with E-state index in [1.807, 2.05) is 36.2 Å². The van der Waals surface area contributed by atoms with Crippen LogP contribution in [0.5, 0.6) is 5.75 Å². The predicted octanol–water partition coefficient (Wildman–Crippen LogP) is 6.50. The lowest BCUT2D eigenvalue weighted by atomic mass is 9.31. The largest absolute Gasteiger partial charge is 0.487 e. The molecule has 5 fully saturated rings. The number of hydrogen-bond acceptors (Lipinski definition) is 4. The van der Waals surface area contributed by atoms with Gasteiger partial charge in [-0.15, -0.1) is 0 Å². The van der Waals surface area contributed by atoms with Crippen LogP contribution in [0, 0.1) is 23.2 Å². The molecule has 1 aliphatic heterocycles. The number of benzene rings is 3. The first-order chi connectivity index (χ1) is 18.5. The summed E-state index contributed by atoms with van der Waals surface area (Å²) in [5.74, 6) is 3.10. The number of carboxylic acids is 1. The van der Waals surface area contributed by atoms with Gasteiger partial charge in [-0.3, -0.25) is 0 Å². The van der Waals surface area contributed by atoms with Crippen LogP contribution in [0.4, 0.5) is 17.1 Å². The Morgan fingerprint density at radius 2 is 1.68 bits per heavy atom. The van der Waals surface area contributed by atoms with E-state index in [4.69, 9.17) is 4.74 Å². The molecule has 4 saturated carbocycles. The van der Waals surface area contributed by atoms with E-state index in [1.54, 1.807) is 17.7 Å². The van der Waals surface area contributed by atoms with Gasteiger partial charge in [0, 0.05) is 23.8 Å². The van der Waals surface area contributed by atoms with Crippen molar-refractivity contribution < 1.29 is 14.6 Å². The summed E-state index contributed by atoms with van der Waals surface area (Å²) in [7, 11) is 1.90. The fraction of sp³-hybridized carbons (Fsp3) is 0.424. The zero-order valence-corrected chi connectivity index (χ0v) is 21.8. The second-order valence-corrected chi connectivity index (χ2v) is 12.5. The van der Waals surface area contributed by atoms with E-state index in [2.05, 4.69) is 41.3 Å². The molecule has 38 heavy (non-hydrogen) atoms. The number of nitrogens with zero attached hydrogens (tertiary/aromatic N) is 2. The molecule has 8 rings (SSSR count). The molecule has 3 aromatic rings. The van der Waals surface area contributed by atoms with E-state index in [-0.39, 0.29) is 6.10 Å². The summed E-state index contributed by atoms with van der Waals surface area (Å²) in [5.41, 5.74) is 5.85. The zero-order chi connectivity index (χ0) is 25.6. The van der Waals surface area contributed by atoms with Gasteiger partial charge in [0.15, 0.2) is 0 Å². The van der Waals surface area contributed by atoms with Crippen molar-refractivity contribution in [3.8, 4) is 5.75 Å². The fourth-order valence-corrected chi connectivity index (χ4v) is 9.43. The average molecular weight is 507 g/mol. The molecular weight excluding hydrogens is 472 g/mol. The molecule has 1 N–H and O–H groups in total. The first-order valence-electron chi connectivity index (χ1n) is 14.2. The molecule has 5 unspecified atom stereocenters. The molecule has 194 valence electrons. The summed E-state index contributed by atoms with van der Waals surface area (Å²) < 4.78 is 6.34. The number of hydrogen-bond donors (Lipinski definition) is 1. The summed E-state index contributed by atoms with van der Waals surface area (Å²) >= 11 is 0. The molecule has 0 aromatic heterocycles. The van der Waals surface area contributed by atoms with Gasteiger partial charge in [0.1, 0.15) is 11.9 Å². The third kappa shape index (κ3) is 2.90. The van der Waals surface area contributed by atoms with Crippen molar-refractivity contribution in [3.05, 3.63) is 83.9 Å². The van der Waals surface area contributed by atoms with Crippen LogP contribution in [0.25, 0.3) is 0 Å². The maximum absolute atomic E-state index is 11.6. The van der Waals surface area contributed by atoms with Crippen LogP contribution in [0.1, 0.15) is 48.0 Å². The Morgan fingerprint density at radius 1 is 0.921 bits per heavy atom. The van der Waals surface area contributed by atoms with Crippen molar-refractivity contribution in [2.45, 2.75) is 43.6 Å². The van der Waals surface area contributed by atoms with Crippen LogP contribution in [-0.4, -0.2) is 37.3 Å². The lowest BCUT2D eigenvalue weighted by molar-refractivity contribution is -0.198. The number of aromatic carboxylic acids is 1. The molecule has 4 aliphatic carbocycles. The lowest BCUT2D eigenvalue weighted by Gasteiger charge is -2.73. The van der Waals surface area contributed by atoms with Crippen LogP contribution in [0.3, 0.4) is 0 Å². The normalized spacial score (nSPS) is 32.1. The van der Waals surface area contributed by atoms with Gasteiger partial charge >= 0.3 is 5.97 Å². The van der Waals surface area contributed by atoms with E-state index in [0.29, 0.717) is 22.1 Å². The van der Waals surface area contributed by atoms with Crippen molar-refractivity contribution in [1.29, 1.82) is 0 Å². The van der Waals surface area contributed by atoms with Gasteiger partial charge in [0.05, 0.1) is 24.3 Å². The molecule has 0 amide bonds. The number of anilines is 3. The maximum atomic E-state index is 11.6. The van der Waals surface area contributed by atoms with Crippen LogP contribution in [0.2, 0.25) is 0 Å². The molecule has 2 bridgehead atoms. The maximum Gasteiger partial charge on any atom is 0.337 e. The Hall–Kier alpha value is -3.47. The smallest absolute Gasteiger partial charge is 0.337 e. The van der Waals surface area contributed by atoms with Gasteiger partial charge in [-0.25, -0.2) is 4.79 Å². The molecule has 3 aromatic carbocycles. The first kappa shape index (κ1) is 22.5. The summed E-state index contributed by atoms with van der Waals surface area (Å²) in [4.78, 5) is 15.9. The highest BCUT2D eigenvalue weighted by molar-refractivity contribution is 5.95. The summed E-state index contributed by atoms with van der Waals surface area (Å²) in [6.07, 6.45) is 7.59. The van der Waals surface area contributed by atoms with Crippen LogP contribution in [0.15, 0.2) is 72.8 Å². The summed E-state index contributed by atoms with van der Waals surface area (Å²) in [6, 6.07) is 24.6. The Morgan fingerprint density at radius 3 is 2.39 bits per heavy atom. The molecule has 1 saturated heterocycles. The van der Waals surface area contributed by atoms with Gasteiger partial charge in [-0.05, 0) is 109 Å². The zero-order valence-electron chi connectivity index (χ0n) is 21.8. The molecule has 5 atom stereocenters. The second-order valence-electron chi connectivity index (χ2n) is 12.5. The topological polar surface area (TPSA) is 53.0 Å². The van der Waals surface area contributed by atoms with Crippen molar-refractivity contribution in [3.63, 3.8) is 0 Å². The second kappa shape index (κ2) is 7.78. The SMILES string of the molecule is CN(c1ccc(N2CC(Oc3ccc(C45CC6CC7CC(C4)C75C6)cc3)C2)cc1)c1ccccc1C(=O)O. The van der Waals surface area contributed by atoms with Gasteiger partial charge < -0.3 is 19.6 Å². The molecular formula is C33H34N2O3. The van der Waals surface area contributed by atoms with Gasteiger partial charge in [0.2, 0.25) is 0 Å². The molecule has 1 spiro atoms. The molecule has 5 nitrogen and oxygen atoms in total. The Kier molecular flexibility index (Phi) is 4.61. The van der Waals surface area contributed by atoms with Crippen molar-refractivity contribution >= 4 is 23.0 Å². The van der Waals surface area contributed by atoms with E-state index in [9.17, 15) is 9.90 Å². The monoisotopic (exact) mass is 506 g/mol. The minimum Gasteiger partial charge on any atom is -0.487 e. The summed E-state index contributed by atoms with van der Waals surface area (Å²) in [5, 5.41) is 9.52. The number of para-hydroxylation sites is 1. The Balaban J connectivity index is 0.893. The highest BCUT2D eigenvalue weighted by Crippen LogP contribution is 2.86. The minimum atomic E-state index is -0.918.